The molecule has 0 aromatic heterocycles. The van der Waals surface area contributed by atoms with Crippen LogP contribution in [-0.2, 0) is 12.6 Å². The molecule has 1 atom stereocenters. The summed E-state index contributed by atoms with van der Waals surface area (Å²) >= 11 is 1.57. The maximum atomic E-state index is 12.4. The van der Waals surface area contributed by atoms with Crippen LogP contribution in [0.25, 0.3) is 0 Å². The molecule has 96 valence electrons. The van der Waals surface area contributed by atoms with Crippen LogP contribution in [0.15, 0.2) is 24.3 Å². The number of rotatable bonds is 5. The van der Waals surface area contributed by atoms with E-state index in [4.69, 9.17) is 0 Å². The number of hydrogen-bond donors (Lipinski definition) is 1. The third kappa shape index (κ3) is 5.00. The molecular weight excluding hydrogens is 249 g/mol. The van der Waals surface area contributed by atoms with Crippen molar-refractivity contribution in [2.75, 3.05) is 11.5 Å². The van der Waals surface area contributed by atoms with Crippen molar-refractivity contribution in [3.63, 3.8) is 0 Å². The van der Waals surface area contributed by atoms with Gasteiger partial charge in [-0.3, -0.25) is 0 Å². The molecule has 0 fully saturated rings. The molecule has 1 nitrogen and oxygen atoms in total. The second-order valence-corrected chi connectivity index (χ2v) is 5.03. The number of aliphatic hydroxyl groups excluding tert-OH is 1. The summed E-state index contributed by atoms with van der Waals surface area (Å²) < 4.78 is 37.3. The molecule has 1 aromatic rings. The smallest absolute Gasteiger partial charge is 0.392 e. The van der Waals surface area contributed by atoms with Crippen LogP contribution in [0, 0.1) is 0 Å². The van der Waals surface area contributed by atoms with Gasteiger partial charge in [-0.2, -0.15) is 24.9 Å². The van der Waals surface area contributed by atoms with Crippen LogP contribution in [0.1, 0.15) is 18.1 Å². The first kappa shape index (κ1) is 14.4. The van der Waals surface area contributed by atoms with Crippen molar-refractivity contribution in [3.05, 3.63) is 35.4 Å². The number of benzene rings is 1. The highest BCUT2D eigenvalue weighted by Crippen LogP contribution is 2.29. The summed E-state index contributed by atoms with van der Waals surface area (Å²) in [4.78, 5) is 0. The van der Waals surface area contributed by atoms with Gasteiger partial charge in [0.05, 0.1) is 11.7 Å². The molecule has 0 bridgehead atoms. The molecule has 0 radical (unpaired) electrons. The van der Waals surface area contributed by atoms with Crippen molar-refractivity contribution in [1.82, 2.24) is 0 Å². The highest BCUT2D eigenvalue weighted by molar-refractivity contribution is 7.99. The highest BCUT2D eigenvalue weighted by Gasteiger charge is 2.30. The molecule has 0 saturated heterocycles. The number of aliphatic hydroxyl groups is 1. The van der Waals surface area contributed by atoms with Crippen molar-refractivity contribution in [2.24, 2.45) is 0 Å². The molecule has 5 heteroatoms. The molecule has 17 heavy (non-hydrogen) atoms. The maximum Gasteiger partial charge on any atom is 0.416 e. The van der Waals surface area contributed by atoms with Gasteiger partial charge in [0.2, 0.25) is 0 Å². The van der Waals surface area contributed by atoms with E-state index in [1.165, 1.54) is 6.07 Å². The fraction of sp³-hybridized carbons (Fsp3) is 0.500. The van der Waals surface area contributed by atoms with Crippen LogP contribution in [0.4, 0.5) is 13.2 Å². The quantitative estimate of drug-likeness (QED) is 0.880. The Kier molecular flexibility index (Phi) is 5.33. The van der Waals surface area contributed by atoms with Gasteiger partial charge in [-0.15, -0.1) is 0 Å². The van der Waals surface area contributed by atoms with E-state index in [9.17, 15) is 18.3 Å². The zero-order chi connectivity index (χ0) is 12.9. The summed E-state index contributed by atoms with van der Waals surface area (Å²) in [6.45, 7) is 1.97. The van der Waals surface area contributed by atoms with Crippen molar-refractivity contribution in [2.45, 2.75) is 25.6 Å². The van der Waals surface area contributed by atoms with Gasteiger partial charge in [-0.05, 0) is 23.8 Å². The number of hydrogen-bond acceptors (Lipinski definition) is 2. The Bertz CT molecular complexity index is 352. The second kappa shape index (κ2) is 6.31. The van der Waals surface area contributed by atoms with E-state index >= 15 is 0 Å². The Morgan fingerprint density at radius 3 is 2.65 bits per heavy atom. The Labute approximate surface area is 103 Å². The summed E-state index contributed by atoms with van der Waals surface area (Å²) in [6.07, 6.45) is -4.65. The lowest BCUT2D eigenvalue weighted by molar-refractivity contribution is -0.137. The predicted octanol–water partition coefficient (Wildman–Crippen LogP) is 3.36. The highest BCUT2D eigenvalue weighted by atomic mass is 32.2. The van der Waals surface area contributed by atoms with E-state index in [2.05, 4.69) is 0 Å². The Hall–Kier alpha value is -0.680. The summed E-state index contributed by atoms with van der Waals surface area (Å²) in [6, 6.07) is 5.11. The van der Waals surface area contributed by atoms with Gasteiger partial charge in [0.25, 0.3) is 0 Å². The summed E-state index contributed by atoms with van der Waals surface area (Å²) in [5.74, 6) is 1.44. The first-order valence-electron chi connectivity index (χ1n) is 5.35. The number of halogens is 3. The molecule has 0 heterocycles. The first-order chi connectivity index (χ1) is 7.93. The summed E-state index contributed by atoms with van der Waals surface area (Å²) in [7, 11) is 0. The minimum Gasteiger partial charge on any atom is -0.392 e. The van der Waals surface area contributed by atoms with E-state index in [0.29, 0.717) is 11.3 Å². The van der Waals surface area contributed by atoms with Gasteiger partial charge in [0.1, 0.15) is 0 Å². The molecule has 1 unspecified atom stereocenters. The molecule has 0 saturated carbocycles. The molecular formula is C12H15F3OS. The minimum absolute atomic E-state index is 0.261. The fourth-order valence-corrected chi connectivity index (χ4v) is 2.09. The molecule has 0 aliphatic rings. The molecule has 1 N–H and O–H groups in total. The van der Waals surface area contributed by atoms with Gasteiger partial charge in [0.15, 0.2) is 0 Å². The molecule has 0 aliphatic heterocycles. The SMILES string of the molecule is CCSCC(O)Cc1cccc(C(F)(F)F)c1. The minimum atomic E-state index is -4.32. The third-order valence-electron chi connectivity index (χ3n) is 2.24. The standard InChI is InChI=1S/C12H15F3OS/c1-2-17-8-11(16)7-9-4-3-5-10(6-9)12(13,14)15/h3-6,11,16H,2,7-8H2,1H3. The lowest BCUT2D eigenvalue weighted by Crippen LogP contribution is -2.14. The van der Waals surface area contributed by atoms with Gasteiger partial charge in [-0.25, -0.2) is 0 Å². The van der Waals surface area contributed by atoms with E-state index < -0.39 is 17.8 Å². The second-order valence-electron chi connectivity index (χ2n) is 3.72. The molecule has 0 spiro atoms. The van der Waals surface area contributed by atoms with E-state index in [-0.39, 0.29) is 6.42 Å². The van der Waals surface area contributed by atoms with Crippen molar-refractivity contribution in [1.29, 1.82) is 0 Å². The average Bonchev–Trinajstić information content (AvgIpc) is 2.25. The van der Waals surface area contributed by atoms with E-state index in [1.54, 1.807) is 17.8 Å². The van der Waals surface area contributed by atoms with Crippen LogP contribution >= 0.6 is 11.8 Å². The Morgan fingerprint density at radius 1 is 1.35 bits per heavy atom. The lowest BCUT2D eigenvalue weighted by atomic mass is 10.1. The fourth-order valence-electron chi connectivity index (χ4n) is 1.46. The van der Waals surface area contributed by atoms with Crippen LogP contribution in [0.2, 0.25) is 0 Å². The zero-order valence-electron chi connectivity index (χ0n) is 9.50. The average molecular weight is 264 g/mol. The Balaban J connectivity index is 2.66. The molecule has 0 aliphatic carbocycles. The first-order valence-corrected chi connectivity index (χ1v) is 6.51. The van der Waals surface area contributed by atoms with Crippen molar-refractivity contribution < 1.29 is 18.3 Å². The Morgan fingerprint density at radius 2 is 2.06 bits per heavy atom. The lowest BCUT2D eigenvalue weighted by Gasteiger charge is -2.12. The number of alkyl halides is 3. The predicted molar refractivity (Wildman–Crippen MR) is 64.2 cm³/mol. The van der Waals surface area contributed by atoms with Crippen LogP contribution in [0.5, 0.6) is 0 Å². The molecule has 0 amide bonds. The van der Waals surface area contributed by atoms with Gasteiger partial charge < -0.3 is 5.11 Å². The third-order valence-corrected chi connectivity index (χ3v) is 3.27. The van der Waals surface area contributed by atoms with Crippen LogP contribution in [-0.4, -0.2) is 22.7 Å². The van der Waals surface area contributed by atoms with E-state index in [1.807, 2.05) is 6.92 Å². The topological polar surface area (TPSA) is 20.2 Å². The maximum absolute atomic E-state index is 12.4. The summed E-state index contributed by atoms with van der Waals surface area (Å²) in [5.41, 5.74) is -0.144. The van der Waals surface area contributed by atoms with E-state index in [0.717, 1.165) is 17.9 Å². The van der Waals surface area contributed by atoms with Crippen molar-refractivity contribution >= 4 is 11.8 Å². The monoisotopic (exact) mass is 264 g/mol. The van der Waals surface area contributed by atoms with Gasteiger partial charge >= 0.3 is 6.18 Å². The largest absolute Gasteiger partial charge is 0.416 e. The number of thioether (sulfide) groups is 1. The zero-order valence-corrected chi connectivity index (χ0v) is 10.3. The van der Waals surface area contributed by atoms with Crippen LogP contribution < -0.4 is 0 Å². The van der Waals surface area contributed by atoms with Gasteiger partial charge in [-0.1, -0.05) is 25.1 Å². The summed E-state index contributed by atoms with van der Waals surface area (Å²) in [5, 5.41) is 9.63. The molecule has 1 rings (SSSR count). The van der Waals surface area contributed by atoms with Crippen LogP contribution in [0.3, 0.4) is 0 Å². The van der Waals surface area contributed by atoms with Crippen molar-refractivity contribution in [3.8, 4) is 0 Å². The molecule has 1 aromatic carbocycles. The van der Waals surface area contributed by atoms with Gasteiger partial charge in [0, 0.05) is 5.75 Å². The normalized spacial score (nSPS) is 13.7.